The van der Waals surface area contributed by atoms with E-state index in [1.54, 1.807) is 19.6 Å². The van der Waals surface area contributed by atoms with Crippen LogP contribution in [0.2, 0.25) is 19.6 Å². The summed E-state index contributed by atoms with van der Waals surface area (Å²) in [6.07, 6.45) is -4.28. The zero-order valence-corrected chi connectivity index (χ0v) is 9.04. The number of hydrogen-bond acceptors (Lipinski definition) is 1. The minimum atomic E-state index is -4.28. The Kier molecular flexibility index (Phi) is 3.02. The monoisotopic (exact) mass is 200 g/mol. The van der Waals surface area contributed by atoms with Gasteiger partial charge in [0.25, 0.3) is 0 Å². The molecule has 0 aromatic heterocycles. The Labute approximate surface area is 72.0 Å². The van der Waals surface area contributed by atoms with Crippen LogP contribution in [0.4, 0.5) is 13.2 Å². The second-order valence-electron chi connectivity index (χ2n) is 4.22. The first-order valence-electron chi connectivity index (χ1n) is 3.73. The van der Waals surface area contributed by atoms with Crippen molar-refractivity contribution in [3.05, 3.63) is 0 Å². The van der Waals surface area contributed by atoms with E-state index in [4.69, 9.17) is 4.43 Å². The number of alkyl halides is 3. The highest BCUT2D eigenvalue weighted by atomic mass is 28.4. The van der Waals surface area contributed by atoms with Crippen LogP contribution in [0.25, 0.3) is 0 Å². The lowest BCUT2D eigenvalue weighted by molar-refractivity contribution is -0.237. The Balaban J connectivity index is 4.44. The average Bonchev–Trinajstić information content (AvgIpc) is 1.52. The highest BCUT2D eigenvalue weighted by molar-refractivity contribution is 6.69. The van der Waals surface area contributed by atoms with E-state index in [0.717, 1.165) is 13.8 Å². The van der Waals surface area contributed by atoms with Gasteiger partial charge >= 0.3 is 6.18 Å². The maximum absolute atomic E-state index is 12.3. The van der Waals surface area contributed by atoms with E-state index in [2.05, 4.69) is 0 Å². The lowest BCUT2D eigenvalue weighted by Crippen LogP contribution is -2.48. The predicted molar refractivity (Wildman–Crippen MR) is 44.6 cm³/mol. The summed E-state index contributed by atoms with van der Waals surface area (Å²) in [6.45, 7) is 7.33. The molecule has 0 heterocycles. The minimum Gasteiger partial charge on any atom is -0.404 e. The molecule has 0 amide bonds. The van der Waals surface area contributed by atoms with Crippen LogP contribution in [0.5, 0.6) is 0 Å². The SMILES string of the molecule is CC(C)(O[Si](C)(C)C)C(F)(F)F. The molecular weight excluding hydrogens is 185 g/mol. The molecule has 0 saturated heterocycles. The van der Waals surface area contributed by atoms with Crippen LogP contribution >= 0.6 is 0 Å². The fraction of sp³-hybridized carbons (Fsp3) is 1.00. The maximum Gasteiger partial charge on any atom is 0.415 e. The molecule has 0 aliphatic carbocycles. The summed E-state index contributed by atoms with van der Waals surface area (Å²) in [4.78, 5) is 0. The van der Waals surface area contributed by atoms with Crippen LogP contribution in [0.3, 0.4) is 0 Å². The minimum absolute atomic E-state index is 1.06. The summed E-state index contributed by atoms with van der Waals surface area (Å²) in [5, 5.41) is 0. The van der Waals surface area contributed by atoms with Gasteiger partial charge in [-0.1, -0.05) is 0 Å². The smallest absolute Gasteiger partial charge is 0.404 e. The first-order valence-corrected chi connectivity index (χ1v) is 7.13. The topological polar surface area (TPSA) is 9.23 Å². The van der Waals surface area contributed by atoms with Crippen molar-refractivity contribution in [1.29, 1.82) is 0 Å². The van der Waals surface area contributed by atoms with Gasteiger partial charge in [0.05, 0.1) is 0 Å². The number of rotatable bonds is 2. The largest absolute Gasteiger partial charge is 0.415 e. The molecule has 74 valence electrons. The molecule has 0 unspecified atom stereocenters. The second kappa shape index (κ2) is 3.03. The Hall–Kier alpha value is -0.0331. The second-order valence-corrected chi connectivity index (χ2v) is 8.65. The van der Waals surface area contributed by atoms with Gasteiger partial charge in [-0.15, -0.1) is 0 Å². The zero-order chi connectivity index (χ0) is 10.2. The van der Waals surface area contributed by atoms with E-state index in [1.807, 2.05) is 0 Å². The molecule has 0 bridgehead atoms. The zero-order valence-electron chi connectivity index (χ0n) is 8.04. The molecule has 0 spiro atoms. The van der Waals surface area contributed by atoms with Gasteiger partial charge in [-0.25, -0.2) is 0 Å². The molecule has 0 N–H and O–H groups in total. The van der Waals surface area contributed by atoms with Crippen molar-refractivity contribution in [3.8, 4) is 0 Å². The lowest BCUT2D eigenvalue weighted by atomic mass is 10.1. The lowest BCUT2D eigenvalue weighted by Gasteiger charge is -2.34. The fourth-order valence-electron chi connectivity index (χ4n) is 0.823. The van der Waals surface area contributed by atoms with Crippen molar-refractivity contribution < 1.29 is 17.6 Å². The molecule has 0 aliphatic rings. The summed E-state index contributed by atoms with van der Waals surface area (Å²) in [7, 11) is -2.12. The van der Waals surface area contributed by atoms with Crippen LogP contribution in [0.15, 0.2) is 0 Å². The average molecular weight is 200 g/mol. The molecule has 0 atom stereocenters. The molecule has 0 saturated carbocycles. The van der Waals surface area contributed by atoms with Gasteiger partial charge in [0.15, 0.2) is 8.32 Å². The van der Waals surface area contributed by atoms with Crippen LogP contribution in [-0.4, -0.2) is 20.1 Å². The summed E-state index contributed by atoms with van der Waals surface area (Å²) < 4.78 is 41.8. The van der Waals surface area contributed by atoms with Crippen LogP contribution < -0.4 is 0 Å². The summed E-state index contributed by atoms with van der Waals surface area (Å²) in [5.41, 5.74) is -2.02. The van der Waals surface area contributed by atoms with Crippen molar-refractivity contribution in [3.63, 3.8) is 0 Å². The van der Waals surface area contributed by atoms with E-state index in [-0.39, 0.29) is 0 Å². The van der Waals surface area contributed by atoms with Crippen molar-refractivity contribution in [2.45, 2.75) is 45.3 Å². The highest BCUT2D eigenvalue weighted by Gasteiger charge is 2.50. The third kappa shape index (κ3) is 3.58. The highest BCUT2D eigenvalue weighted by Crippen LogP contribution is 2.34. The summed E-state index contributed by atoms with van der Waals surface area (Å²) in [5.74, 6) is 0. The third-order valence-corrected chi connectivity index (χ3v) is 2.37. The summed E-state index contributed by atoms with van der Waals surface area (Å²) >= 11 is 0. The molecule has 12 heavy (non-hydrogen) atoms. The molecule has 0 aromatic rings. The van der Waals surface area contributed by atoms with Gasteiger partial charge in [0, 0.05) is 0 Å². The molecule has 1 nitrogen and oxygen atoms in total. The van der Waals surface area contributed by atoms with E-state index in [0.29, 0.717) is 0 Å². The Morgan fingerprint density at radius 3 is 1.42 bits per heavy atom. The molecule has 0 fully saturated rings. The molecule has 0 aliphatic heterocycles. The van der Waals surface area contributed by atoms with E-state index < -0.39 is 20.1 Å². The van der Waals surface area contributed by atoms with Gasteiger partial charge in [-0.05, 0) is 33.5 Å². The summed E-state index contributed by atoms with van der Waals surface area (Å²) in [6, 6.07) is 0. The molecule has 0 rings (SSSR count). The number of halogens is 3. The normalized spacial score (nSPS) is 15.0. The Morgan fingerprint density at radius 1 is 1.00 bits per heavy atom. The molecule has 0 radical (unpaired) electrons. The van der Waals surface area contributed by atoms with Crippen molar-refractivity contribution >= 4 is 8.32 Å². The van der Waals surface area contributed by atoms with Gasteiger partial charge in [0.1, 0.15) is 5.60 Å². The molecule has 0 aromatic carbocycles. The molecular formula is C7H15F3OSi. The van der Waals surface area contributed by atoms with Crippen LogP contribution in [-0.2, 0) is 4.43 Å². The first-order chi connectivity index (χ1) is 4.96. The van der Waals surface area contributed by atoms with E-state index in [9.17, 15) is 13.2 Å². The van der Waals surface area contributed by atoms with Crippen molar-refractivity contribution in [1.82, 2.24) is 0 Å². The van der Waals surface area contributed by atoms with Crippen LogP contribution in [0.1, 0.15) is 13.8 Å². The number of hydrogen-bond donors (Lipinski definition) is 0. The van der Waals surface area contributed by atoms with Crippen LogP contribution in [0, 0.1) is 0 Å². The van der Waals surface area contributed by atoms with Crippen molar-refractivity contribution in [2.24, 2.45) is 0 Å². The fourth-order valence-corrected chi connectivity index (χ4v) is 2.47. The molecule has 5 heteroatoms. The van der Waals surface area contributed by atoms with Gasteiger partial charge in [0.2, 0.25) is 0 Å². The third-order valence-electron chi connectivity index (χ3n) is 1.24. The van der Waals surface area contributed by atoms with Gasteiger partial charge in [-0.2, -0.15) is 13.2 Å². The Morgan fingerprint density at radius 2 is 1.33 bits per heavy atom. The first kappa shape index (κ1) is 12.0. The van der Waals surface area contributed by atoms with Gasteiger partial charge in [-0.3, -0.25) is 0 Å². The van der Waals surface area contributed by atoms with Crippen molar-refractivity contribution in [2.75, 3.05) is 0 Å². The standard InChI is InChI=1S/C7H15F3OSi/c1-6(2,7(8,9)10)11-12(3,4)5/h1-5H3. The Bertz CT molecular complexity index is 157. The quantitative estimate of drug-likeness (QED) is 0.622. The van der Waals surface area contributed by atoms with E-state index in [1.165, 1.54) is 0 Å². The predicted octanol–water partition coefficient (Wildman–Crippen LogP) is 3.18. The maximum atomic E-state index is 12.3. The van der Waals surface area contributed by atoms with Gasteiger partial charge < -0.3 is 4.43 Å². The van der Waals surface area contributed by atoms with E-state index >= 15 is 0 Å².